The van der Waals surface area contributed by atoms with Crippen molar-refractivity contribution in [2.45, 2.75) is 26.6 Å². The molecule has 164 valence electrons. The van der Waals surface area contributed by atoms with Gasteiger partial charge in [-0.05, 0) is 36.8 Å². The maximum absolute atomic E-state index is 13.5. The highest BCUT2D eigenvalue weighted by Gasteiger charge is 2.34. The molecular formula is C22H27FN6O2. The Hall–Kier alpha value is -2.88. The minimum atomic E-state index is -0.646. The molecule has 1 aliphatic rings. The molecule has 4 rings (SSSR count). The summed E-state index contributed by atoms with van der Waals surface area (Å²) in [6.07, 6.45) is 2.00. The van der Waals surface area contributed by atoms with E-state index in [1.807, 2.05) is 6.92 Å². The Bertz CT molecular complexity index is 1020. The van der Waals surface area contributed by atoms with Crippen LogP contribution in [0.5, 0.6) is 0 Å². The number of halogens is 1. The second-order valence-electron chi connectivity index (χ2n) is 8.01. The number of nitrogens with one attached hydrogen (secondary N) is 2. The number of nitrogens with two attached hydrogens (primary N) is 1. The van der Waals surface area contributed by atoms with Crippen LogP contribution >= 0.6 is 0 Å². The molecule has 4 N–H and O–H groups in total. The number of nitrogens with zero attached hydrogens (tertiary/aromatic N) is 3. The molecule has 1 saturated heterocycles. The summed E-state index contributed by atoms with van der Waals surface area (Å²) in [5.74, 6) is 0.744. The topological polar surface area (TPSA) is 111 Å². The number of imidazole rings is 1. The highest BCUT2D eigenvalue weighted by Crippen LogP contribution is 2.35. The Balaban J connectivity index is 1.71. The zero-order valence-corrected chi connectivity index (χ0v) is 17.7. The van der Waals surface area contributed by atoms with Gasteiger partial charge in [-0.3, -0.25) is 0 Å². The van der Waals surface area contributed by atoms with E-state index in [0.717, 1.165) is 18.5 Å². The number of ether oxygens (including phenoxy) is 2. The average molecular weight is 426 g/mol. The predicted molar refractivity (Wildman–Crippen MR) is 116 cm³/mol. The largest absolute Gasteiger partial charge is 0.354 e. The molecule has 8 nitrogen and oxygen atoms in total. The molecule has 0 amide bonds. The van der Waals surface area contributed by atoms with Gasteiger partial charge in [0.2, 0.25) is 12.2 Å². The molecule has 0 aliphatic carbocycles. The van der Waals surface area contributed by atoms with Gasteiger partial charge in [-0.2, -0.15) is 0 Å². The van der Waals surface area contributed by atoms with E-state index < -0.39 is 6.29 Å². The Morgan fingerprint density at radius 1 is 1.19 bits per heavy atom. The Labute approximate surface area is 180 Å². The molecule has 0 spiro atoms. The van der Waals surface area contributed by atoms with Crippen LogP contribution < -0.4 is 11.1 Å². The molecule has 0 atom stereocenters. The van der Waals surface area contributed by atoms with Crippen LogP contribution in [0.1, 0.15) is 32.4 Å². The molecule has 31 heavy (non-hydrogen) atoms. The van der Waals surface area contributed by atoms with E-state index in [2.05, 4.69) is 27.2 Å². The third kappa shape index (κ3) is 4.73. The van der Waals surface area contributed by atoms with Crippen molar-refractivity contribution in [2.24, 2.45) is 11.1 Å². The number of H-pyrrole nitrogens is 1. The average Bonchev–Trinajstić information content (AvgIpc) is 3.24. The molecule has 3 heterocycles. The van der Waals surface area contributed by atoms with Gasteiger partial charge in [0.1, 0.15) is 5.82 Å². The van der Waals surface area contributed by atoms with E-state index in [4.69, 9.17) is 20.2 Å². The van der Waals surface area contributed by atoms with E-state index in [0.29, 0.717) is 48.6 Å². The minimum Gasteiger partial charge on any atom is -0.354 e. The number of aromatic nitrogens is 4. The molecule has 2 aromatic heterocycles. The molecule has 9 heteroatoms. The van der Waals surface area contributed by atoms with Gasteiger partial charge in [-0.25, -0.2) is 19.3 Å². The van der Waals surface area contributed by atoms with Crippen LogP contribution in [0.25, 0.3) is 22.6 Å². The summed E-state index contributed by atoms with van der Waals surface area (Å²) in [7, 11) is 0. The Morgan fingerprint density at radius 2 is 1.94 bits per heavy atom. The number of anilines is 1. The molecule has 0 unspecified atom stereocenters. The lowest BCUT2D eigenvalue weighted by Gasteiger charge is -2.35. The molecular weight excluding hydrogens is 399 g/mol. The molecule has 1 fully saturated rings. The van der Waals surface area contributed by atoms with E-state index >= 15 is 0 Å². The third-order valence-corrected chi connectivity index (χ3v) is 5.17. The summed E-state index contributed by atoms with van der Waals surface area (Å²) < 4.78 is 25.3. The quantitative estimate of drug-likeness (QED) is 0.530. The fourth-order valence-electron chi connectivity index (χ4n) is 3.24. The van der Waals surface area contributed by atoms with Gasteiger partial charge < -0.3 is 25.5 Å². The van der Waals surface area contributed by atoms with E-state index in [-0.39, 0.29) is 11.2 Å². The molecule has 0 radical (unpaired) electrons. The van der Waals surface area contributed by atoms with Gasteiger partial charge in [-0.1, -0.05) is 13.8 Å². The van der Waals surface area contributed by atoms with Crippen LogP contribution in [0.3, 0.4) is 0 Å². The molecule has 0 saturated carbocycles. The lowest BCUT2D eigenvalue weighted by atomic mass is 9.93. The van der Waals surface area contributed by atoms with Crippen LogP contribution in [0.15, 0.2) is 36.5 Å². The zero-order valence-electron chi connectivity index (χ0n) is 17.7. The minimum absolute atomic E-state index is 0.224. The van der Waals surface area contributed by atoms with E-state index in [9.17, 15) is 4.39 Å². The Morgan fingerprint density at radius 3 is 2.61 bits per heavy atom. The third-order valence-electron chi connectivity index (χ3n) is 5.17. The van der Waals surface area contributed by atoms with Crippen molar-refractivity contribution in [1.82, 2.24) is 19.9 Å². The van der Waals surface area contributed by atoms with E-state index in [1.165, 1.54) is 12.1 Å². The van der Waals surface area contributed by atoms with Crippen LogP contribution in [0.4, 0.5) is 10.3 Å². The van der Waals surface area contributed by atoms with Crippen molar-refractivity contribution in [1.29, 1.82) is 0 Å². The van der Waals surface area contributed by atoms with Crippen LogP contribution in [-0.2, 0) is 9.47 Å². The van der Waals surface area contributed by atoms with Crippen molar-refractivity contribution in [3.8, 4) is 22.6 Å². The van der Waals surface area contributed by atoms with Crippen molar-refractivity contribution in [3.05, 3.63) is 48.2 Å². The van der Waals surface area contributed by atoms with Crippen molar-refractivity contribution >= 4 is 5.95 Å². The van der Waals surface area contributed by atoms with Crippen molar-refractivity contribution < 1.29 is 13.9 Å². The normalized spacial score (nSPS) is 21.2. The highest BCUT2D eigenvalue weighted by molar-refractivity contribution is 5.77. The van der Waals surface area contributed by atoms with E-state index in [1.54, 1.807) is 24.4 Å². The number of benzene rings is 1. The standard InChI is InChI=1S/C22H27FN6O2/c1-3-9-25-21-26-10-8-16(27-21)18-17(14-4-6-15(23)7-5-14)28-19(29-18)20-30-12-22(2,11-24)13-31-20/h4-8,10,20H,3,9,11-13,24H2,1-2H3,(H,28,29)(H,25,26,27). The van der Waals surface area contributed by atoms with Crippen molar-refractivity contribution in [2.75, 3.05) is 31.6 Å². The maximum atomic E-state index is 13.5. The maximum Gasteiger partial charge on any atom is 0.223 e. The lowest BCUT2D eigenvalue weighted by molar-refractivity contribution is -0.231. The zero-order chi connectivity index (χ0) is 21.8. The van der Waals surface area contributed by atoms with Crippen LogP contribution in [-0.4, -0.2) is 46.2 Å². The molecule has 3 aromatic rings. The molecule has 0 bridgehead atoms. The Kier molecular flexibility index (Phi) is 6.26. The summed E-state index contributed by atoms with van der Waals surface area (Å²) in [6.45, 7) is 6.27. The van der Waals surface area contributed by atoms with Gasteiger partial charge in [0, 0.05) is 30.3 Å². The number of rotatable bonds is 7. The highest BCUT2D eigenvalue weighted by atomic mass is 19.1. The SMILES string of the molecule is CCCNc1nccc(-c2[nH]c(C3OCC(C)(CN)CO3)nc2-c2ccc(F)cc2)n1. The van der Waals surface area contributed by atoms with Gasteiger partial charge in [-0.15, -0.1) is 0 Å². The van der Waals surface area contributed by atoms with Gasteiger partial charge in [0.05, 0.1) is 30.3 Å². The van der Waals surface area contributed by atoms with Gasteiger partial charge in [0.15, 0.2) is 5.82 Å². The van der Waals surface area contributed by atoms with Crippen LogP contribution in [0.2, 0.25) is 0 Å². The second kappa shape index (κ2) is 9.09. The fourth-order valence-corrected chi connectivity index (χ4v) is 3.24. The first-order chi connectivity index (χ1) is 15.0. The lowest BCUT2D eigenvalue weighted by Crippen LogP contribution is -2.42. The summed E-state index contributed by atoms with van der Waals surface area (Å²) >= 11 is 0. The summed E-state index contributed by atoms with van der Waals surface area (Å²) in [5.41, 5.74) is 8.34. The summed E-state index contributed by atoms with van der Waals surface area (Å²) in [6, 6.07) is 7.98. The first-order valence-electron chi connectivity index (χ1n) is 10.4. The first-order valence-corrected chi connectivity index (χ1v) is 10.4. The van der Waals surface area contributed by atoms with Crippen LogP contribution in [0, 0.1) is 11.2 Å². The smallest absolute Gasteiger partial charge is 0.223 e. The van der Waals surface area contributed by atoms with Gasteiger partial charge >= 0.3 is 0 Å². The summed E-state index contributed by atoms with van der Waals surface area (Å²) in [5, 5.41) is 3.19. The fraction of sp³-hybridized carbons (Fsp3) is 0.409. The second-order valence-corrected chi connectivity index (χ2v) is 8.01. The monoisotopic (exact) mass is 426 g/mol. The predicted octanol–water partition coefficient (Wildman–Crippen LogP) is 3.51. The number of hydrogen-bond acceptors (Lipinski definition) is 7. The number of hydrogen-bond donors (Lipinski definition) is 3. The number of aromatic amines is 1. The van der Waals surface area contributed by atoms with Gasteiger partial charge in [0.25, 0.3) is 0 Å². The van der Waals surface area contributed by atoms with Crippen molar-refractivity contribution in [3.63, 3.8) is 0 Å². The summed E-state index contributed by atoms with van der Waals surface area (Å²) in [4.78, 5) is 16.9. The molecule has 1 aromatic carbocycles. The molecule has 1 aliphatic heterocycles. The first kappa shape index (κ1) is 21.4.